The number of carbonyl (C=O) groups is 1. The lowest BCUT2D eigenvalue weighted by molar-refractivity contribution is 0.0601. The molecule has 304 valence electrons. The van der Waals surface area contributed by atoms with Crippen LogP contribution in [0.25, 0.3) is 16.6 Å². The van der Waals surface area contributed by atoms with Gasteiger partial charge >= 0.3 is 5.97 Å². The van der Waals surface area contributed by atoms with Gasteiger partial charge in [-0.3, -0.25) is 4.90 Å². The van der Waals surface area contributed by atoms with Gasteiger partial charge in [0.2, 0.25) is 5.88 Å². The molecule has 0 spiro atoms. The summed E-state index contributed by atoms with van der Waals surface area (Å²) in [6.45, 7) is 19.6. The molecule has 0 radical (unpaired) electrons. The van der Waals surface area contributed by atoms with Crippen LogP contribution in [0.3, 0.4) is 0 Å². The summed E-state index contributed by atoms with van der Waals surface area (Å²) in [6.07, 6.45) is 5.25. The zero-order valence-corrected chi connectivity index (χ0v) is 36.2. The van der Waals surface area contributed by atoms with E-state index in [1.807, 2.05) is 18.2 Å². The maximum atomic E-state index is 13.4. The third kappa shape index (κ3) is 8.78. The molecule has 1 aliphatic carbocycles. The lowest BCUT2D eigenvalue weighted by Crippen LogP contribution is -2.48. The summed E-state index contributed by atoms with van der Waals surface area (Å²) in [5, 5.41) is 1.78. The molecule has 0 unspecified atom stereocenters. The molecule has 8 rings (SSSR count). The summed E-state index contributed by atoms with van der Waals surface area (Å²) in [6, 6.07) is 19.8. The van der Waals surface area contributed by atoms with Crippen molar-refractivity contribution in [3.63, 3.8) is 0 Å². The van der Waals surface area contributed by atoms with Crippen LogP contribution in [0.1, 0.15) is 49.0 Å². The number of nitrogens with zero attached hydrogens (tertiary/aromatic N) is 5. The number of carbonyl (C=O) groups excluding carboxylic acids is 1. The molecule has 4 aliphatic rings. The van der Waals surface area contributed by atoms with Crippen LogP contribution in [0.15, 0.2) is 66.4 Å². The maximum absolute atomic E-state index is 13.4. The van der Waals surface area contributed by atoms with Crippen LogP contribution in [0.5, 0.6) is 5.88 Å². The molecular formula is C45H58ClN5O5Si. The van der Waals surface area contributed by atoms with Gasteiger partial charge < -0.3 is 33.3 Å². The van der Waals surface area contributed by atoms with Gasteiger partial charge in [0.25, 0.3) is 0 Å². The van der Waals surface area contributed by atoms with E-state index in [1.54, 1.807) is 5.57 Å². The zero-order chi connectivity index (χ0) is 39.9. The Balaban J connectivity index is 1.04. The van der Waals surface area contributed by atoms with Crippen LogP contribution in [0.4, 0.5) is 17.1 Å². The van der Waals surface area contributed by atoms with E-state index < -0.39 is 8.07 Å². The minimum Gasteiger partial charge on any atom is -0.468 e. The number of halogens is 1. The van der Waals surface area contributed by atoms with E-state index in [4.69, 9.17) is 35.5 Å². The fourth-order valence-corrected chi connectivity index (χ4v) is 9.65. The average Bonchev–Trinajstić information content (AvgIpc) is 3.82. The number of piperazine rings is 1. The number of anilines is 3. The minimum atomic E-state index is -1.15. The molecule has 5 heterocycles. The Bertz CT molecular complexity index is 2120. The maximum Gasteiger partial charge on any atom is 0.339 e. The van der Waals surface area contributed by atoms with Crippen LogP contribution in [0.2, 0.25) is 30.7 Å². The Morgan fingerprint density at radius 2 is 1.77 bits per heavy atom. The number of aromatic nitrogens is 2. The van der Waals surface area contributed by atoms with Crippen molar-refractivity contribution >= 4 is 59.3 Å². The van der Waals surface area contributed by atoms with Gasteiger partial charge in [-0.1, -0.05) is 62.8 Å². The number of hydrogen-bond acceptors (Lipinski definition) is 9. The summed E-state index contributed by atoms with van der Waals surface area (Å²) >= 11 is 6.27. The minimum absolute atomic E-state index is 0.127. The fraction of sp³-hybridized carbons (Fsp3) is 0.511. The second-order valence-corrected chi connectivity index (χ2v) is 24.2. The van der Waals surface area contributed by atoms with Crippen molar-refractivity contribution < 1.29 is 23.7 Å². The number of fused-ring (bicyclic) bond motifs is 3. The predicted octanol–water partition coefficient (Wildman–Crippen LogP) is 8.91. The third-order valence-corrected chi connectivity index (χ3v) is 14.1. The van der Waals surface area contributed by atoms with E-state index in [1.165, 1.54) is 24.7 Å². The number of pyridine rings is 1. The molecular weight excluding hydrogens is 754 g/mol. The van der Waals surface area contributed by atoms with E-state index in [0.29, 0.717) is 37.8 Å². The third-order valence-electron chi connectivity index (χ3n) is 12.2. The average molecular weight is 813 g/mol. The molecule has 0 N–H and O–H groups in total. The Morgan fingerprint density at radius 1 is 0.982 bits per heavy atom. The lowest BCUT2D eigenvalue weighted by atomic mass is 9.72. The normalized spacial score (nSPS) is 21.1. The molecule has 2 atom stereocenters. The highest BCUT2D eigenvalue weighted by atomic mass is 35.5. The van der Waals surface area contributed by atoms with Gasteiger partial charge in [-0.2, -0.15) is 4.98 Å². The van der Waals surface area contributed by atoms with Gasteiger partial charge in [-0.05, 0) is 84.3 Å². The SMILES string of the molecule is COC(=O)c1ccc(N2CCN(CC3=C(c4ccc(Cl)cc4)CC(C)(C)CC3)CC2)cc1N1c2cc3ccn(CCOCC[Si](C)(C)C)c3nc2O[C@H]2COC[C@@H]21. The van der Waals surface area contributed by atoms with E-state index in [0.717, 1.165) is 91.3 Å². The van der Waals surface area contributed by atoms with Crippen molar-refractivity contribution in [1.29, 1.82) is 0 Å². The molecule has 0 saturated carbocycles. The highest BCUT2D eigenvalue weighted by molar-refractivity contribution is 6.76. The number of esters is 1. The summed E-state index contributed by atoms with van der Waals surface area (Å²) in [5.41, 5.74) is 8.67. The molecule has 4 aromatic rings. The first-order valence-corrected chi connectivity index (χ1v) is 24.7. The zero-order valence-electron chi connectivity index (χ0n) is 34.5. The molecule has 0 bridgehead atoms. The highest BCUT2D eigenvalue weighted by Gasteiger charge is 2.43. The first-order valence-electron chi connectivity index (χ1n) is 20.6. The molecule has 2 aromatic carbocycles. The van der Waals surface area contributed by atoms with Gasteiger partial charge in [0, 0.05) is 76.2 Å². The second kappa shape index (κ2) is 16.4. The van der Waals surface area contributed by atoms with E-state index in [2.05, 4.69) is 95.4 Å². The molecule has 3 aliphatic heterocycles. The van der Waals surface area contributed by atoms with Gasteiger partial charge in [0.15, 0.2) is 0 Å². The monoisotopic (exact) mass is 811 g/mol. The second-order valence-electron chi connectivity index (χ2n) is 18.2. The molecule has 57 heavy (non-hydrogen) atoms. The molecule has 10 nitrogen and oxygen atoms in total. The molecule has 12 heteroatoms. The van der Waals surface area contributed by atoms with Gasteiger partial charge in [-0.25, -0.2) is 4.79 Å². The standard InChI is InChI=1S/C45H58ClN5O5Si/c1-45(2)15-13-33(37(27-45)31-7-9-34(46)10-8-31)28-48-17-19-49(20-18-48)35-11-12-36(44(52)53-3)38(26-35)51-39-25-32-14-16-50(21-22-54-23-24-57(4,5)6)42(32)47-43(39)56-41-30-55-29-40(41)51/h7-12,14,16,25-26,40-41H,13,15,17-24,27-30H2,1-6H3/t40-,41-/m0/s1. The Hall–Kier alpha value is -3.87. The molecule has 0 amide bonds. The summed E-state index contributed by atoms with van der Waals surface area (Å²) in [4.78, 5) is 25.8. The van der Waals surface area contributed by atoms with Gasteiger partial charge in [0.05, 0.1) is 44.2 Å². The van der Waals surface area contributed by atoms with E-state index in [-0.39, 0.29) is 23.5 Å². The van der Waals surface area contributed by atoms with Gasteiger partial charge in [-0.15, -0.1) is 0 Å². The van der Waals surface area contributed by atoms with Crippen LogP contribution >= 0.6 is 11.6 Å². The highest BCUT2D eigenvalue weighted by Crippen LogP contribution is 2.46. The number of allylic oxidation sites excluding steroid dienone is 1. The Morgan fingerprint density at radius 3 is 2.53 bits per heavy atom. The fourth-order valence-electron chi connectivity index (χ4n) is 8.77. The van der Waals surface area contributed by atoms with Crippen molar-refractivity contribution in [2.45, 2.75) is 77.5 Å². The first kappa shape index (κ1) is 39.9. The number of ether oxygens (including phenoxy) is 4. The van der Waals surface area contributed by atoms with Crippen LogP contribution in [-0.2, 0) is 20.8 Å². The number of benzene rings is 2. The van der Waals surface area contributed by atoms with Crippen LogP contribution in [-0.4, -0.2) is 107 Å². The summed E-state index contributed by atoms with van der Waals surface area (Å²) in [5.74, 6) is 0.168. The first-order chi connectivity index (χ1) is 27.4. The molecule has 2 saturated heterocycles. The smallest absolute Gasteiger partial charge is 0.339 e. The van der Waals surface area contributed by atoms with Crippen molar-refractivity contribution in [1.82, 2.24) is 14.5 Å². The molecule has 2 fully saturated rings. The summed E-state index contributed by atoms with van der Waals surface area (Å²) in [7, 11) is 0.294. The van der Waals surface area contributed by atoms with Crippen molar-refractivity contribution in [3.05, 3.63) is 82.5 Å². The largest absolute Gasteiger partial charge is 0.468 e. The Labute approximate surface area is 343 Å². The van der Waals surface area contributed by atoms with Gasteiger partial charge in [0.1, 0.15) is 17.4 Å². The van der Waals surface area contributed by atoms with Crippen molar-refractivity contribution in [3.8, 4) is 5.88 Å². The topological polar surface area (TPSA) is 81.5 Å². The number of rotatable bonds is 12. The van der Waals surface area contributed by atoms with Crippen LogP contribution in [0, 0.1) is 5.41 Å². The lowest BCUT2D eigenvalue weighted by Gasteiger charge is -2.41. The molecule has 2 aromatic heterocycles. The number of hydrogen-bond donors (Lipinski definition) is 0. The van der Waals surface area contributed by atoms with Crippen LogP contribution < -0.4 is 14.5 Å². The predicted molar refractivity (Wildman–Crippen MR) is 232 cm³/mol. The van der Waals surface area contributed by atoms with E-state index in [9.17, 15) is 4.79 Å². The quantitative estimate of drug-likeness (QED) is 0.0792. The van der Waals surface area contributed by atoms with E-state index >= 15 is 0 Å². The summed E-state index contributed by atoms with van der Waals surface area (Å²) < 4.78 is 26.1. The van der Waals surface area contributed by atoms with Crippen molar-refractivity contribution in [2.75, 3.05) is 76.1 Å². The number of methoxy groups -OCH3 is 1. The Kier molecular flexibility index (Phi) is 11.5. The van der Waals surface area contributed by atoms with Crippen molar-refractivity contribution in [2.24, 2.45) is 5.41 Å².